The minimum Gasteiger partial charge on any atom is -0.388 e. The molecule has 6 heteroatoms. The van der Waals surface area contributed by atoms with E-state index in [4.69, 9.17) is 0 Å². The van der Waals surface area contributed by atoms with Crippen LogP contribution in [0.3, 0.4) is 0 Å². The van der Waals surface area contributed by atoms with Gasteiger partial charge in [0.25, 0.3) is 0 Å². The lowest BCUT2D eigenvalue weighted by atomic mass is 10.1. The number of aliphatic hydroxyl groups excluding tert-OH is 1. The summed E-state index contributed by atoms with van der Waals surface area (Å²) in [5.74, 6) is 0. The molecule has 1 N–H and O–H groups in total. The van der Waals surface area contributed by atoms with Gasteiger partial charge in [0.1, 0.15) is 0 Å². The molecule has 0 bridgehead atoms. The van der Waals surface area contributed by atoms with Crippen LogP contribution in [-0.4, -0.2) is 19.7 Å². The monoisotopic (exact) mass is 323 g/mol. The average molecular weight is 324 g/mol. The van der Waals surface area contributed by atoms with E-state index in [1.807, 2.05) is 12.1 Å². The third-order valence-corrected chi connectivity index (χ3v) is 4.38. The summed E-state index contributed by atoms with van der Waals surface area (Å²) in [5, 5.41) is 14.5. The normalized spacial score (nSPS) is 13.0. The molecule has 0 radical (unpaired) electrons. The van der Waals surface area contributed by atoms with Gasteiger partial charge in [-0.05, 0) is 28.1 Å². The highest BCUT2D eigenvalue weighted by Crippen LogP contribution is 2.28. The van der Waals surface area contributed by atoms with E-state index in [0.29, 0.717) is 6.42 Å². The lowest BCUT2D eigenvalue weighted by Crippen LogP contribution is -2.00. The van der Waals surface area contributed by atoms with Crippen molar-refractivity contribution < 1.29 is 5.11 Å². The van der Waals surface area contributed by atoms with Gasteiger partial charge in [0.2, 0.25) is 0 Å². The van der Waals surface area contributed by atoms with Crippen LogP contribution in [0, 0.1) is 0 Å². The van der Waals surface area contributed by atoms with E-state index in [1.165, 1.54) is 0 Å². The summed E-state index contributed by atoms with van der Waals surface area (Å²) in [6, 6.07) is 4.01. The molecule has 1 atom stereocenters. The van der Waals surface area contributed by atoms with E-state index in [1.54, 1.807) is 40.6 Å². The van der Waals surface area contributed by atoms with Crippen molar-refractivity contribution in [2.75, 3.05) is 0 Å². The van der Waals surface area contributed by atoms with Crippen LogP contribution >= 0.6 is 27.3 Å². The second-order valence-corrected chi connectivity index (χ2v) is 6.48. The Morgan fingerprint density at radius 1 is 1.39 bits per heavy atom. The van der Waals surface area contributed by atoms with Crippen molar-refractivity contribution in [3.05, 3.63) is 51.1 Å². The summed E-state index contributed by atoms with van der Waals surface area (Å²) in [5.41, 5.74) is 1.66. The molecule has 4 nitrogen and oxygen atoms in total. The second-order valence-electron chi connectivity index (χ2n) is 3.93. The highest BCUT2D eigenvalue weighted by atomic mass is 79.9. The average Bonchev–Trinajstić information content (AvgIpc) is 2.95. The molecule has 0 amide bonds. The molecule has 0 aliphatic heterocycles. The second kappa shape index (κ2) is 4.79. The third-order valence-electron chi connectivity index (χ3n) is 2.74. The Hall–Kier alpha value is -1.24. The van der Waals surface area contributed by atoms with Gasteiger partial charge in [-0.25, -0.2) is 4.52 Å². The van der Waals surface area contributed by atoms with E-state index in [-0.39, 0.29) is 0 Å². The number of hydrogen-bond donors (Lipinski definition) is 1. The Kier molecular flexibility index (Phi) is 3.15. The standard InChI is InChI=1S/C12H10BrN3OS/c13-12-2-1-8(18-12)5-11(17)9-6-15-16-4-3-14-7-10(9)16/h1-4,6-7,11,17H,5H2. The first kappa shape index (κ1) is 11.8. The maximum absolute atomic E-state index is 10.3. The Morgan fingerprint density at radius 3 is 3.06 bits per heavy atom. The van der Waals surface area contributed by atoms with Gasteiger partial charge >= 0.3 is 0 Å². The third kappa shape index (κ3) is 2.19. The zero-order chi connectivity index (χ0) is 12.5. The number of fused-ring (bicyclic) bond motifs is 1. The molecular weight excluding hydrogens is 314 g/mol. The fourth-order valence-corrected chi connectivity index (χ4v) is 3.39. The van der Waals surface area contributed by atoms with Gasteiger partial charge in [0.05, 0.1) is 27.8 Å². The van der Waals surface area contributed by atoms with E-state index >= 15 is 0 Å². The molecule has 3 heterocycles. The van der Waals surface area contributed by atoms with Crippen LogP contribution < -0.4 is 0 Å². The van der Waals surface area contributed by atoms with Crippen LogP contribution in [0.2, 0.25) is 0 Å². The van der Waals surface area contributed by atoms with Crippen LogP contribution in [0.15, 0.2) is 40.7 Å². The van der Waals surface area contributed by atoms with Crippen molar-refractivity contribution in [3.63, 3.8) is 0 Å². The summed E-state index contributed by atoms with van der Waals surface area (Å²) in [6.45, 7) is 0. The molecule has 0 fully saturated rings. The number of nitrogens with zero attached hydrogens (tertiary/aromatic N) is 3. The van der Waals surface area contributed by atoms with E-state index < -0.39 is 6.10 Å². The topological polar surface area (TPSA) is 50.4 Å². The number of rotatable bonds is 3. The summed E-state index contributed by atoms with van der Waals surface area (Å²) in [4.78, 5) is 5.20. The number of halogens is 1. The number of aromatic nitrogens is 3. The molecule has 92 valence electrons. The molecule has 18 heavy (non-hydrogen) atoms. The van der Waals surface area contributed by atoms with Gasteiger partial charge in [-0.2, -0.15) is 5.10 Å². The lowest BCUT2D eigenvalue weighted by molar-refractivity contribution is 0.181. The van der Waals surface area contributed by atoms with E-state index in [2.05, 4.69) is 26.0 Å². The van der Waals surface area contributed by atoms with Gasteiger partial charge in [-0.3, -0.25) is 4.98 Å². The van der Waals surface area contributed by atoms with Crippen LogP contribution in [0.4, 0.5) is 0 Å². The Labute approximate surface area is 116 Å². The zero-order valence-electron chi connectivity index (χ0n) is 9.32. The number of hydrogen-bond acceptors (Lipinski definition) is 4. The molecule has 0 saturated carbocycles. The van der Waals surface area contributed by atoms with Crippen LogP contribution in [0.25, 0.3) is 5.52 Å². The van der Waals surface area contributed by atoms with Gasteiger partial charge < -0.3 is 5.11 Å². The van der Waals surface area contributed by atoms with E-state index in [9.17, 15) is 5.11 Å². The fourth-order valence-electron chi connectivity index (χ4n) is 1.87. The zero-order valence-corrected chi connectivity index (χ0v) is 11.7. The molecule has 3 aromatic rings. The Balaban J connectivity index is 1.90. The molecule has 3 aromatic heterocycles. The minimum absolute atomic E-state index is 0.558. The molecule has 3 rings (SSSR count). The number of thiophene rings is 1. The maximum Gasteiger partial charge on any atom is 0.0903 e. The SMILES string of the molecule is OC(Cc1ccc(Br)s1)c1cnn2ccncc12. The predicted octanol–water partition coefficient (Wildman–Crippen LogP) is 2.83. The molecule has 1 unspecified atom stereocenters. The Morgan fingerprint density at radius 2 is 2.28 bits per heavy atom. The molecular formula is C12H10BrN3OS. The van der Waals surface area contributed by atoms with Gasteiger partial charge in [-0.1, -0.05) is 0 Å². The Bertz CT molecular complexity index is 679. The summed E-state index contributed by atoms with van der Waals surface area (Å²) >= 11 is 5.05. The summed E-state index contributed by atoms with van der Waals surface area (Å²) < 4.78 is 2.79. The van der Waals surface area contributed by atoms with Crippen molar-refractivity contribution >= 4 is 32.8 Å². The first-order valence-corrected chi connectivity index (χ1v) is 7.04. The minimum atomic E-state index is -0.558. The molecule has 0 saturated heterocycles. The molecule has 0 aromatic carbocycles. The van der Waals surface area contributed by atoms with Crippen LogP contribution in [-0.2, 0) is 6.42 Å². The number of aliphatic hydroxyl groups is 1. The highest BCUT2D eigenvalue weighted by molar-refractivity contribution is 9.11. The van der Waals surface area contributed by atoms with Crippen LogP contribution in [0.5, 0.6) is 0 Å². The maximum atomic E-state index is 10.3. The van der Waals surface area contributed by atoms with Gasteiger partial charge in [0.15, 0.2) is 0 Å². The molecule has 0 aliphatic carbocycles. The van der Waals surface area contributed by atoms with E-state index in [0.717, 1.165) is 19.7 Å². The smallest absolute Gasteiger partial charge is 0.0903 e. The summed E-state index contributed by atoms with van der Waals surface area (Å²) in [6.07, 6.45) is 6.89. The molecule has 0 aliphatic rings. The van der Waals surface area contributed by atoms with Crippen molar-refractivity contribution in [2.24, 2.45) is 0 Å². The van der Waals surface area contributed by atoms with Crippen molar-refractivity contribution in [1.82, 2.24) is 14.6 Å². The predicted molar refractivity (Wildman–Crippen MR) is 73.7 cm³/mol. The first-order valence-electron chi connectivity index (χ1n) is 5.43. The lowest BCUT2D eigenvalue weighted by Gasteiger charge is -2.07. The van der Waals surface area contributed by atoms with Gasteiger partial charge in [0, 0.05) is 29.3 Å². The first-order chi connectivity index (χ1) is 8.74. The highest BCUT2D eigenvalue weighted by Gasteiger charge is 2.15. The quantitative estimate of drug-likeness (QED) is 0.806. The largest absolute Gasteiger partial charge is 0.388 e. The fraction of sp³-hybridized carbons (Fsp3) is 0.167. The van der Waals surface area contributed by atoms with Crippen molar-refractivity contribution in [3.8, 4) is 0 Å². The molecule has 0 spiro atoms. The summed E-state index contributed by atoms with van der Waals surface area (Å²) in [7, 11) is 0. The van der Waals surface area contributed by atoms with Crippen molar-refractivity contribution in [1.29, 1.82) is 0 Å². The van der Waals surface area contributed by atoms with Crippen molar-refractivity contribution in [2.45, 2.75) is 12.5 Å². The van der Waals surface area contributed by atoms with Crippen LogP contribution in [0.1, 0.15) is 16.5 Å². The van der Waals surface area contributed by atoms with Gasteiger partial charge in [-0.15, -0.1) is 11.3 Å².